The Kier molecular flexibility index (Phi) is 3.66. The van der Waals surface area contributed by atoms with E-state index in [1.807, 2.05) is 36.2 Å². The second-order valence-corrected chi connectivity index (χ2v) is 6.13. The number of benzene rings is 1. The third-order valence-corrected chi connectivity index (χ3v) is 4.18. The summed E-state index contributed by atoms with van der Waals surface area (Å²) in [7, 11) is 1.02. The zero-order valence-electron chi connectivity index (χ0n) is 11.8. The number of fused-ring (bicyclic) bond motifs is 1. The monoisotopic (exact) mass is 301 g/mol. The standard InChI is InChI=1S/C14H15N5OS/c1-19(7-10-3-5-11(6-4-10)21(2)20)14-12-13(16-8-15-12)17-9-18-14/h3-6,8-9H,7H2,1-2H3,(H,15,16,17,18)/t21-/m0/s1. The van der Waals surface area contributed by atoms with E-state index < -0.39 is 10.8 Å². The molecule has 1 aromatic carbocycles. The molecule has 0 spiro atoms. The van der Waals surface area contributed by atoms with E-state index in [0.29, 0.717) is 12.2 Å². The molecule has 21 heavy (non-hydrogen) atoms. The molecule has 0 aliphatic rings. The van der Waals surface area contributed by atoms with Gasteiger partial charge in [0, 0.05) is 35.5 Å². The van der Waals surface area contributed by atoms with Crippen LogP contribution in [0.2, 0.25) is 0 Å². The van der Waals surface area contributed by atoms with Crippen LogP contribution in [0.5, 0.6) is 0 Å². The molecule has 0 bridgehead atoms. The van der Waals surface area contributed by atoms with Gasteiger partial charge in [-0.3, -0.25) is 4.21 Å². The van der Waals surface area contributed by atoms with Crippen molar-refractivity contribution in [3.05, 3.63) is 42.5 Å². The molecular weight excluding hydrogens is 286 g/mol. The summed E-state index contributed by atoms with van der Waals surface area (Å²) in [4.78, 5) is 18.5. The number of rotatable bonds is 4. The fourth-order valence-corrected chi connectivity index (χ4v) is 2.70. The van der Waals surface area contributed by atoms with Crippen LogP contribution in [0, 0.1) is 0 Å². The molecule has 1 atom stereocenters. The highest BCUT2D eigenvalue weighted by Crippen LogP contribution is 2.20. The van der Waals surface area contributed by atoms with Crippen molar-refractivity contribution in [2.75, 3.05) is 18.2 Å². The minimum atomic E-state index is -0.947. The number of anilines is 1. The van der Waals surface area contributed by atoms with Gasteiger partial charge in [-0.05, 0) is 17.7 Å². The first-order valence-corrected chi connectivity index (χ1v) is 7.98. The van der Waals surface area contributed by atoms with Gasteiger partial charge in [-0.15, -0.1) is 0 Å². The maximum absolute atomic E-state index is 11.4. The topological polar surface area (TPSA) is 74.8 Å². The number of nitrogens with one attached hydrogen (secondary N) is 1. The molecular formula is C14H15N5OS. The molecule has 3 rings (SSSR count). The molecule has 6 nitrogen and oxygen atoms in total. The largest absolute Gasteiger partial charge is 0.353 e. The van der Waals surface area contributed by atoms with Gasteiger partial charge in [0.25, 0.3) is 0 Å². The molecule has 0 saturated heterocycles. The van der Waals surface area contributed by atoms with Crippen LogP contribution in [-0.2, 0) is 17.3 Å². The number of hydrogen-bond donors (Lipinski definition) is 1. The van der Waals surface area contributed by atoms with Crippen molar-refractivity contribution in [3.8, 4) is 0 Å². The Morgan fingerprint density at radius 1 is 1.19 bits per heavy atom. The van der Waals surface area contributed by atoms with Gasteiger partial charge in [0.05, 0.1) is 6.33 Å². The highest BCUT2D eigenvalue weighted by Gasteiger charge is 2.10. The number of nitrogens with zero attached hydrogens (tertiary/aromatic N) is 4. The van der Waals surface area contributed by atoms with Crippen LogP contribution in [0.15, 0.2) is 41.8 Å². The van der Waals surface area contributed by atoms with E-state index in [1.165, 1.54) is 6.33 Å². The van der Waals surface area contributed by atoms with Crippen molar-refractivity contribution in [3.63, 3.8) is 0 Å². The number of aromatic amines is 1. The molecule has 1 N–H and O–H groups in total. The summed E-state index contributed by atoms with van der Waals surface area (Å²) in [6.07, 6.45) is 4.80. The highest BCUT2D eigenvalue weighted by molar-refractivity contribution is 7.84. The third-order valence-electron chi connectivity index (χ3n) is 3.24. The minimum Gasteiger partial charge on any atom is -0.353 e. The van der Waals surface area contributed by atoms with E-state index in [1.54, 1.807) is 12.6 Å². The Hall–Kier alpha value is -2.28. The number of aromatic nitrogens is 4. The molecule has 0 fully saturated rings. The van der Waals surface area contributed by atoms with Gasteiger partial charge >= 0.3 is 0 Å². The number of H-pyrrole nitrogens is 1. The zero-order chi connectivity index (χ0) is 14.8. The van der Waals surface area contributed by atoms with E-state index in [-0.39, 0.29) is 0 Å². The first-order valence-electron chi connectivity index (χ1n) is 6.43. The van der Waals surface area contributed by atoms with E-state index >= 15 is 0 Å². The van der Waals surface area contributed by atoms with Crippen LogP contribution in [0.3, 0.4) is 0 Å². The summed E-state index contributed by atoms with van der Waals surface area (Å²) in [5, 5.41) is 0. The zero-order valence-corrected chi connectivity index (χ0v) is 12.6. The van der Waals surface area contributed by atoms with Crippen LogP contribution in [-0.4, -0.2) is 37.4 Å². The van der Waals surface area contributed by atoms with E-state index in [2.05, 4.69) is 19.9 Å². The lowest BCUT2D eigenvalue weighted by molar-refractivity contribution is 0.687. The van der Waals surface area contributed by atoms with Crippen LogP contribution in [0.1, 0.15) is 5.56 Å². The average Bonchev–Trinajstić information content (AvgIpc) is 2.96. The lowest BCUT2D eigenvalue weighted by Crippen LogP contribution is -2.18. The Morgan fingerprint density at radius 2 is 1.95 bits per heavy atom. The van der Waals surface area contributed by atoms with Gasteiger partial charge < -0.3 is 9.88 Å². The first kappa shape index (κ1) is 13.7. The van der Waals surface area contributed by atoms with Crippen molar-refractivity contribution < 1.29 is 4.21 Å². The summed E-state index contributed by atoms with van der Waals surface area (Å²) < 4.78 is 11.4. The summed E-state index contributed by atoms with van der Waals surface area (Å²) in [5.41, 5.74) is 2.60. The lowest BCUT2D eigenvalue weighted by Gasteiger charge is -2.18. The van der Waals surface area contributed by atoms with E-state index in [9.17, 15) is 4.21 Å². The lowest BCUT2D eigenvalue weighted by atomic mass is 10.2. The quantitative estimate of drug-likeness (QED) is 0.794. The molecule has 0 amide bonds. The van der Waals surface area contributed by atoms with Crippen LogP contribution in [0.4, 0.5) is 5.82 Å². The summed E-state index contributed by atoms with van der Waals surface area (Å²) >= 11 is 0. The van der Waals surface area contributed by atoms with Gasteiger partial charge in [0.15, 0.2) is 11.5 Å². The van der Waals surface area contributed by atoms with Gasteiger partial charge in [-0.2, -0.15) is 0 Å². The number of imidazole rings is 1. The molecule has 0 aliphatic heterocycles. The smallest absolute Gasteiger partial charge is 0.182 e. The predicted octanol–water partition coefficient (Wildman–Crippen LogP) is 1.73. The molecule has 0 radical (unpaired) electrons. The molecule has 3 aromatic rings. The van der Waals surface area contributed by atoms with E-state index in [4.69, 9.17) is 0 Å². The summed E-state index contributed by atoms with van der Waals surface area (Å²) in [5.74, 6) is 0.806. The second-order valence-electron chi connectivity index (χ2n) is 4.75. The van der Waals surface area contributed by atoms with Gasteiger partial charge in [0.2, 0.25) is 0 Å². The number of hydrogen-bond acceptors (Lipinski definition) is 5. The molecule has 0 aliphatic carbocycles. The van der Waals surface area contributed by atoms with Crippen molar-refractivity contribution in [1.82, 2.24) is 19.9 Å². The third kappa shape index (κ3) is 2.78. The molecule has 0 saturated carbocycles. The van der Waals surface area contributed by atoms with Gasteiger partial charge in [-0.1, -0.05) is 12.1 Å². The molecule has 2 heterocycles. The molecule has 2 aromatic heterocycles. The molecule has 0 unspecified atom stereocenters. The second kappa shape index (κ2) is 5.61. The highest BCUT2D eigenvalue weighted by atomic mass is 32.2. The molecule has 7 heteroatoms. The molecule has 108 valence electrons. The van der Waals surface area contributed by atoms with Gasteiger partial charge in [0.1, 0.15) is 11.8 Å². The summed E-state index contributed by atoms with van der Waals surface area (Å²) in [6, 6.07) is 7.76. The minimum absolute atomic E-state index is 0.656. The maximum Gasteiger partial charge on any atom is 0.182 e. The van der Waals surface area contributed by atoms with Crippen molar-refractivity contribution in [2.45, 2.75) is 11.4 Å². The fourth-order valence-electron chi connectivity index (χ4n) is 2.18. The van der Waals surface area contributed by atoms with Crippen molar-refractivity contribution in [1.29, 1.82) is 0 Å². The Bertz CT molecular complexity index is 783. The maximum atomic E-state index is 11.4. The first-order chi connectivity index (χ1) is 10.1. The van der Waals surface area contributed by atoms with Crippen LogP contribution in [0.25, 0.3) is 11.2 Å². The van der Waals surface area contributed by atoms with E-state index in [0.717, 1.165) is 21.8 Å². The summed E-state index contributed by atoms with van der Waals surface area (Å²) in [6.45, 7) is 0.696. The van der Waals surface area contributed by atoms with Crippen LogP contribution >= 0.6 is 0 Å². The predicted molar refractivity (Wildman–Crippen MR) is 82.6 cm³/mol. The van der Waals surface area contributed by atoms with Crippen molar-refractivity contribution >= 4 is 27.8 Å². The Morgan fingerprint density at radius 3 is 2.67 bits per heavy atom. The van der Waals surface area contributed by atoms with Gasteiger partial charge in [-0.25, -0.2) is 15.0 Å². The Labute approximate surface area is 124 Å². The Balaban J connectivity index is 1.84. The fraction of sp³-hybridized carbons (Fsp3) is 0.214. The normalized spacial score (nSPS) is 12.5. The SMILES string of the molecule is CN(Cc1ccc([S@](C)=O)cc1)c1ncnc2nc[nH]c12. The van der Waals surface area contributed by atoms with Crippen LogP contribution < -0.4 is 4.90 Å². The average molecular weight is 301 g/mol. The van der Waals surface area contributed by atoms with Crippen molar-refractivity contribution in [2.24, 2.45) is 0 Å².